The van der Waals surface area contributed by atoms with E-state index in [9.17, 15) is 14.9 Å². The fourth-order valence-corrected chi connectivity index (χ4v) is 2.76. The van der Waals surface area contributed by atoms with Gasteiger partial charge in [0.05, 0.1) is 4.92 Å². The van der Waals surface area contributed by atoms with Crippen LogP contribution < -0.4 is 0 Å². The third-order valence-electron chi connectivity index (χ3n) is 3.33. The van der Waals surface area contributed by atoms with Gasteiger partial charge in [-0.25, -0.2) is 0 Å². The van der Waals surface area contributed by atoms with Crippen LogP contribution in [0.2, 0.25) is 5.02 Å². The standard InChI is InChI=1S/C15H8Cl2N2O3/c16-11-4-2-1-3-9(11)13-10-7-8(19(21)22)5-6-12(10)18-14(13)15(17)20/h1-7,18H. The predicted molar refractivity (Wildman–Crippen MR) is 85.6 cm³/mol. The van der Waals surface area contributed by atoms with E-state index in [0.29, 0.717) is 27.1 Å². The molecule has 7 heteroatoms. The van der Waals surface area contributed by atoms with E-state index in [1.165, 1.54) is 18.2 Å². The minimum absolute atomic E-state index is 0.0756. The molecule has 3 aromatic rings. The summed E-state index contributed by atoms with van der Waals surface area (Å²) in [4.78, 5) is 25.1. The number of non-ortho nitro benzene ring substituents is 1. The maximum atomic E-state index is 11.7. The molecule has 22 heavy (non-hydrogen) atoms. The lowest BCUT2D eigenvalue weighted by Crippen LogP contribution is -1.92. The predicted octanol–water partition coefficient (Wildman–Crippen LogP) is 4.78. The summed E-state index contributed by atoms with van der Waals surface area (Å²) in [6.07, 6.45) is 0. The molecule has 0 amide bonds. The molecular formula is C15H8Cl2N2O3. The highest BCUT2D eigenvalue weighted by Gasteiger charge is 2.21. The third kappa shape index (κ3) is 2.34. The number of halogens is 2. The molecule has 1 aromatic heterocycles. The summed E-state index contributed by atoms with van der Waals surface area (Å²) in [7, 11) is 0. The first-order chi connectivity index (χ1) is 10.5. The van der Waals surface area contributed by atoms with E-state index in [4.69, 9.17) is 23.2 Å². The van der Waals surface area contributed by atoms with Crippen molar-refractivity contribution in [2.24, 2.45) is 0 Å². The van der Waals surface area contributed by atoms with E-state index in [1.54, 1.807) is 24.3 Å². The molecule has 0 aliphatic carbocycles. The van der Waals surface area contributed by atoms with Crippen LogP contribution in [0.4, 0.5) is 5.69 Å². The maximum Gasteiger partial charge on any atom is 0.270 e. The summed E-state index contributed by atoms with van der Waals surface area (Å²) >= 11 is 11.8. The van der Waals surface area contributed by atoms with Gasteiger partial charge in [-0.2, -0.15) is 0 Å². The van der Waals surface area contributed by atoms with E-state index in [0.717, 1.165) is 0 Å². The number of nitro benzene ring substituents is 1. The van der Waals surface area contributed by atoms with Gasteiger partial charge >= 0.3 is 0 Å². The number of fused-ring (bicyclic) bond motifs is 1. The van der Waals surface area contributed by atoms with Crippen molar-refractivity contribution in [1.82, 2.24) is 4.98 Å². The Balaban J connectivity index is 2.41. The van der Waals surface area contributed by atoms with Gasteiger partial charge in [-0.15, -0.1) is 0 Å². The van der Waals surface area contributed by atoms with Crippen LogP contribution in [0.25, 0.3) is 22.0 Å². The van der Waals surface area contributed by atoms with Crippen molar-refractivity contribution in [3.8, 4) is 11.1 Å². The van der Waals surface area contributed by atoms with Crippen LogP contribution in [0.1, 0.15) is 10.5 Å². The molecule has 0 bridgehead atoms. The molecule has 3 rings (SSSR count). The first-order valence-electron chi connectivity index (χ1n) is 6.24. The number of nitrogens with zero attached hydrogens (tertiary/aromatic N) is 1. The first-order valence-corrected chi connectivity index (χ1v) is 6.99. The SMILES string of the molecule is O=C(Cl)c1[nH]c2ccc([N+](=O)[O-])cc2c1-c1ccccc1Cl. The van der Waals surface area contributed by atoms with Crippen LogP contribution in [0.5, 0.6) is 0 Å². The number of hydrogen-bond acceptors (Lipinski definition) is 3. The second-order valence-corrected chi connectivity index (χ2v) is 5.37. The van der Waals surface area contributed by atoms with Crippen LogP contribution in [-0.4, -0.2) is 15.1 Å². The quantitative estimate of drug-likeness (QED) is 0.425. The number of carbonyl (C=O) groups is 1. The largest absolute Gasteiger partial charge is 0.351 e. The van der Waals surface area contributed by atoms with E-state index >= 15 is 0 Å². The molecular weight excluding hydrogens is 327 g/mol. The number of benzene rings is 2. The highest BCUT2D eigenvalue weighted by molar-refractivity contribution is 6.68. The minimum atomic E-state index is -0.686. The minimum Gasteiger partial charge on any atom is -0.351 e. The number of rotatable bonds is 3. The van der Waals surface area contributed by atoms with E-state index in [1.807, 2.05) is 0 Å². The molecule has 1 N–H and O–H groups in total. The van der Waals surface area contributed by atoms with Gasteiger partial charge in [0.1, 0.15) is 5.69 Å². The Labute approximate surface area is 134 Å². The number of H-pyrrole nitrogens is 1. The molecule has 5 nitrogen and oxygen atoms in total. The Kier molecular flexibility index (Phi) is 3.60. The second kappa shape index (κ2) is 5.44. The monoisotopic (exact) mass is 334 g/mol. The molecule has 0 atom stereocenters. The van der Waals surface area contributed by atoms with Gasteiger partial charge in [0, 0.05) is 39.2 Å². The smallest absolute Gasteiger partial charge is 0.270 e. The second-order valence-electron chi connectivity index (χ2n) is 4.62. The Bertz CT molecular complexity index is 918. The van der Waals surface area contributed by atoms with Gasteiger partial charge in [-0.1, -0.05) is 29.8 Å². The van der Waals surface area contributed by atoms with Crippen molar-refractivity contribution < 1.29 is 9.72 Å². The molecule has 0 spiro atoms. The van der Waals surface area contributed by atoms with Crippen molar-refractivity contribution in [2.45, 2.75) is 0 Å². The molecule has 2 aromatic carbocycles. The van der Waals surface area contributed by atoms with Crippen LogP contribution in [-0.2, 0) is 0 Å². The Morgan fingerprint density at radius 1 is 1.18 bits per heavy atom. The van der Waals surface area contributed by atoms with Crippen molar-refractivity contribution >= 4 is 45.0 Å². The van der Waals surface area contributed by atoms with Crippen molar-refractivity contribution in [1.29, 1.82) is 0 Å². The van der Waals surface area contributed by atoms with E-state index in [2.05, 4.69) is 4.98 Å². The molecule has 1 heterocycles. The van der Waals surface area contributed by atoms with Gasteiger partial charge in [0.25, 0.3) is 10.9 Å². The zero-order valence-electron chi connectivity index (χ0n) is 11.0. The topological polar surface area (TPSA) is 76.0 Å². The Morgan fingerprint density at radius 3 is 2.55 bits per heavy atom. The summed E-state index contributed by atoms with van der Waals surface area (Å²) in [6.45, 7) is 0. The maximum absolute atomic E-state index is 11.7. The van der Waals surface area contributed by atoms with Gasteiger partial charge in [0.2, 0.25) is 0 Å². The van der Waals surface area contributed by atoms with Crippen molar-refractivity contribution in [3.05, 3.63) is 63.3 Å². The fourth-order valence-electron chi connectivity index (χ4n) is 2.38. The van der Waals surface area contributed by atoms with E-state index < -0.39 is 10.2 Å². The number of aromatic amines is 1. The third-order valence-corrected chi connectivity index (χ3v) is 3.85. The van der Waals surface area contributed by atoms with E-state index in [-0.39, 0.29) is 11.4 Å². The van der Waals surface area contributed by atoms with Gasteiger partial charge in [-0.05, 0) is 23.7 Å². The normalized spacial score (nSPS) is 10.8. The average Bonchev–Trinajstić information content (AvgIpc) is 2.86. The summed E-state index contributed by atoms with van der Waals surface area (Å²) in [5, 5.41) is 11.2. The lowest BCUT2D eigenvalue weighted by Gasteiger charge is -2.04. The van der Waals surface area contributed by atoms with Gasteiger partial charge in [0.15, 0.2) is 0 Å². The lowest BCUT2D eigenvalue weighted by molar-refractivity contribution is -0.384. The molecule has 110 valence electrons. The zero-order valence-corrected chi connectivity index (χ0v) is 12.5. The Morgan fingerprint density at radius 2 is 1.91 bits per heavy atom. The number of hydrogen-bond donors (Lipinski definition) is 1. The molecule has 0 aliphatic heterocycles. The highest BCUT2D eigenvalue weighted by Crippen LogP contribution is 2.38. The fraction of sp³-hybridized carbons (Fsp3) is 0. The summed E-state index contributed by atoms with van der Waals surface area (Å²) in [5.41, 5.74) is 1.70. The molecule has 0 unspecified atom stereocenters. The molecule has 0 saturated carbocycles. The van der Waals surface area contributed by atoms with Crippen LogP contribution in [0.15, 0.2) is 42.5 Å². The Hall–Kier alpha value is -2.37. The number of aromatic nitrogens is 1. The zero-order chi connectivity index (χ0) is 15.9. The van der Waals surface area contributed by atoms with Crippen LogP contribution in [0.3, 0.4) is 0 Å². The van der Waals surface area contributed by atoms with Crippen LogP contribution >= 0.6 is 23.2 Å². The van der Waals surface area contributed by atoms with Crippen molar-refractivity contribution in [3.63, 3.8) is 0 Å². The summed E-state index contributed by atoms with van der Waals surface area (Å²) < 4.78 is 0. The molecule has 0 fully saturated rings. The molecule has 0 saturated heterocycles. The molecule has 0 radical (unpaired) electrons. The average molecular weight is 335 g/mol. The number of carbonyl (C=O) groups excluding carboxylic acids is 1. The highest BCUT2D eigenvalue weighted by atomic mass is 35.5. The van der Waals surface area contributed by atoms with Crippen molar-refractivity contribution in [2.75, 3.05) is 0 Å². The summed E-state index contributed by atoms with van der Waals surface area (Å²) in [6, 6.07) is 11.2. The number of nitrogens with one attached hydrogen (secondary N) is 1. The lowest BCUT2D eigenvalue weighted by atomic mass is 10.0. The van der Waals surface area contributed by atoms with Gasteiger partial charge in [-0.3, -0.25) is 14.9 Å². The van der Waals surface area contributed by atoms with Gasteiger partial charge < -0.3 is 4.98 Å². The molecule has 0 aliphatic rings. The van der Waals surface area contributed by atoms with Crippen LogP contribution in [0, 0.1) is 10.1 Å². The first kappa shape index (κ1) is 14.6. The number of nitro groups is 1. The summed E-state index contributed by atoms with van der Waals surface area (Å²) in [5.74, 6) is 0.